The van der Waals surface area contributed by atoms with E-state index >= 15 is 0 Å². The normalized spacial score (nSPS) is 18.8. The van der Waals surface area contributed by atoms with Crippen LogP contribution in [0.3, 0.4) is 0 Å². The number of hydrazine groups is 1. The molecular weight excluding hydrogens is 431 g/mol. The molecule has 3 rings (SSSR count). The Kier molecular flexibility index (Phi) is 5.64. The first-order chi connectivity index (χ1) is 13.3. The van der Waals surface area contributed by atoms with Gasteiger partial charge in [0, 0.05) is 10.2 Å². The number of aryl methyl sites for hydroxylation is 1. The molecule has 7 nitrogen and oxygen atoms in total. The van der Waals surface area contributed by atoms with Crippen molar-refractivity contribution in [3.05, 3.63) is 64.4 Å². The Morgan fingerprint density at radius 1 is 1.21 bits per heavy atom. The summed E-state index contributed by atoms with van der Waals surface area (Å²) in [7, 11) is 0. The van der Waals surface area contributed by atoms with E-state index in [0.29, 0.717) is 22.7 Å². The lowest BCUT2D eigenvalue weighted by Gasteiger charge is -2.21. The van der Waals surface area contributed by atoms with Crippen LogP contribution in [0.5, 0.6) is 0 Å². The molecule has 1 aliphatic rings. The number of carbonyl (C=O) groups excluding carboxylic acids is 3. The summed E-state index contributed by atoms with van der Waals surface area (Å²) in [6.07, 6.45) is 0.646. The van der Waals surface area contributed by atoms with Gasteiger partial charge in [-0.3, -0.25) is 4.79 Å². The zero-order valence-corrected chi connectivity index (χ0v) is 16.5. The van der Waals surface area contributed by atoms with Crippen LogP contribution < -0.4 is 16.1 Å². The molecule has 2 aromatic carbocycles. The lowest BCUT2D eigenvalue weighted by molar-refractivity contribution is -0.132. The molecule has 1 heterocycles. The molecule has 0 aromatic heterocycles. The van der Waals surface area contributed by atoms with Gasteiger partial charge in [-0.2, -0.15) is 5.01 Å². The second-order valence-electron chi connectivity index (χ2n) is 6.61. The number of hydrogen-bond acceptors (Lipinski definition) is 3. The number of urea groups is 2. The third-order valence-corrected chi connectivity index (χ3v) is 4.91. The number of rotatable bonds is 5. The van der Waals surface area contributed by atoms with Gasteiger partial charge < -0.3 is 10.6 Å². The summed E-state index contributed by atoms with van der Waals surface area (Å²) in [4.78, 5) is 37.0. The second kappa shape index (κ2) is 7.97. The number of amides is 5. The fraction of sp³-hybridized carbons (Fsp3) is 0.211. The van der Waals surface area contributed by atoms with Crippen LogP contribution in [0.1, 0.15) is 18.9 Å². The molecule has 1 saturated heterocycles. The van der Waals surface area contributed by atoms with Crippen molar-refractivity contribution >= 4 is 39.6 Å². The highest BCUT2D eigenvalue weighted by atomic mass is 79.9. The maximum Gasteiger partial charge on any atom is 0.344 e. The molecule has 1 atom stereocenters. The summed E-state index contributed by atoms with van der Waals surface area (Å²) < 4.78 is 14.2. The Bertz CT molecular complexity index is 922. The fourth-order valence-electron chi connectivity index (χ4n) is 2.84. The number of imide groups is 1. The van der Waals surface area contributed by atoms with E-state index in [0.717, 1.165) is 4.47 Å². The molecular formula is C19H18BrFN4O3. The zero-order valence-electron chi connectivity index (χ0n) is 15.0. The van der Waals surface area contributed by atoms with Gasteiger partial charge in [0.25, 0.3) is 5.91 Å². The minimum atomic E-state index is -1.20. The molecule has 5 amide bonds. The molecule has 0 aliphatic carbocycles. The van der Waals surface area contributed by atoms with E-state index in [1.54, 1.807) is 43.3 Å². The SMILES string of the molecule is C[C@]1(CCc2cccc(F)c2)NC(=O)N(NC(=O)Nc2ccc(Br)cc2)C1=O. The first-order valence-corrected chi connectivity index (χ1v) is 9.30. The van der Waals surface area contributed by atoms with Crippen molar-refractivity contribution in [2.45, 2.75) is 25.3 Å². The molecule has 1 aliphatic heterocycles. The van der Waals surface area contributed by atoms with Gasteiger partial charge in [-0.25, -0.2) is 19.4 Å². The van der Waals surface area contributed by atoms with Crippen LogP contribution in [0.25, 0.3) is 0 Å². The third-order valence-electron chi connectivity index (χ3n) is 4.38. The van der Waals surface area contributed by atoms with Crippen LogP contribution in [-0.4, -0.2) is 28.5 Å². The number of nitrogens with zero attached hydrogens (tertiary/aromatic N) is 1. The van der Waals surface area contributed by atoms with E-state index in [-0.39, 0.29) is 12.2 Å². The monoisotopic (exact) mass is 448 g/mol. The van der Waals surface area contributed by atoms with E-state index in [4.69, 9.17) is 0 Å². The molecule has 1 fully saturated rings. The van der Waals surface area contributed by atoms with E-state index in [2.05, 4.69) is 32.0 Å². The van der Waals surface area contributed by atoms with Crippen LogP contribution >= 0.6 is 15.9 Å². The Hall–Kier alpha value is -2.94. The standard InChI is InChI=1S/C19H18BrFN4O3/c1-19(10-9-12-3-2-4-14(21)11-12)16(26)25(18(28)23-19)24-17(27)22-15-7-5-13(20)6-8-15/h2-8,11H,9-10H2,1H3,(H,23,28)(H2,22,24,27)/t19-/m1/s1. The second-order valence-corrected chi connectivity index (χ2v) is 7.52. The summed E-state index contributed by atoms with van der Waals surface area (Å²) >= 11 is 3.29. The van der Waals surface area contributed by atoms with Crippen LogP contribution in [0.15, 0.2) is 53.0 Å². The Labute approximate surface area is 169 Å². The van der Waals surface area contributed by atoms with Crippen LogP contribution in [0.2, 0.25) is 0 Å². The van der Waals surface area contributed by atoms with Gasteiger partial charge in [0.05, 0.1) is 0 Å². The summed E-state index contributed by atoms with van der Waals surface area (Å²) in [5.74, 6) is -0.947. The maximum atomic E-state index is 13.3. The quantitative estimate of drug-likeness (QED) is 0.610. The van der Waals surface area contributed by atoms with E-state index in [1.165, 1.54) is 12.1 Å². The molecule has 0 bridgehead atoms. The number of carbonyl (C=O) groups is 3. The van der Waals surface area contributed by atoms with E-state index in [1.807, 2.05) is 0 Å². The number of halogens is 2. The average molecular weight is 449 g/mol. The topological polar surface area (TPSA) is 90.5 Å². The number of anilines is 1. The highest BCUT2D eigenvalue weighted by molar-refractivity contribution is 9.10. The summed E-state index contributed by atoms with van der Waals surface area (Å²) in [5, 5.41) is 5.78. The van der Waals surface area contributed by atoms with Crippen molar-refractivity contribution < 1.29 is 18.8 Å². The largest absolute Gasteiger partial charge is 0.344 e. The van der Waals surface area contributed by atoms with Crippen LogP contribution in [0.4, 0.5) is 19.7 Å². The highest BCUT2D eigenvalue weighted by Crippen LogP contribution is 2.22. The van der Waals surface area contributed by atoms with Gasteiger partial charge in [-0.05, 0) is 61.7 Å². The first kappa shape index (κ1) is 19.8. The molecule has 2 aromatic rings. The summed E-state index contributed by atoms with van der Waals surface area (Å²) in [6, 6.07) is 11.4. The molecule has 0 saturated carbocycles. The highest BCUT2D eigenvalue weighted by Gasteiger charge is 2.48. The maximum absolute atomic E-state index is 13.3. The van der Waals surface area contributed by atoms with Crippen LogP contribution in [0, 0.1) is 5.82 Å². The van der Waals surface area contributed by atoms with Crippen molar-refractivity contribution in [1.82, 2.24) is 15.8 Å². The lowest BCUT2D eigenvalue weighted by atomic mass is 9.93. The van der Waals surface area contributed by atoms with Gasteiger partial charge >= 0.3 is 12.1 Å². The van der Waals surface area contributed by atoms with Crippen molar-refractivity contribution in [2.24, 2.45) is 0 Å². The van der Waals surface area contributed by atoms with Gasteiger partial charge in [0.15, 0.2) is 0 Å². The fourth-order valence-corrected chi connectivity index (χ4v) is 3.10. The minimum absolute atomic E-state index is 0.257. The predicted molar refractivity (Wildman–Crippen MR) is 105 cm³/mol. The van der Waals surface area contributed by atoms with Crippen molar-refractivity contribution in [3.63, 3.8) is 0 Å². The predicted octanol–water partition coefficient (Wildman–Crippen LogP) is 3.57. The van der Waals surface area contributed by atoms with Gasteiger partial charge in [0.2, 0.25) is 0 Å². The Morgan fingerprint density at radius 2 is 1.93 bits per heavy atom. The summed E-state index contributed by atoms with van der Waals surface area (Å²) in [5.41, 5.74) is 2.27. The van der Waals surface area contributed by atoms with E-state index < -0.39 is 23.5 Å². The average Bonchev–Trinajstić information content (AvgIpc) is 2.86. The Morgan fingerprint density at radius 3 is 2.61 bits per heavy atom. The number of hydrogen-bond donors (Lipinski definition) is 3. The van der Waals surface area contributed by atoms with Crippen molar-refractivity contribution in [2.75, 3.05) is 5.32 Å². The smallest absolute Gasteiger partial charge is 0.322 e. The Balaban J connectivity index is 1.61. The summed E-state index contributed by atoms with van der Waals surface area (Å²) in [6.45, 7) is 1.57. The molecule has 0 radical (unpaired) electrons. The number of nitrogens with one attached hydrogen (secondary N) is 3. The molecule has 0 spiro atoms. The van der Waals surface area contributed by atoms with Gasteiger partial charge in [-0.15, -0.1) is 0 Å². The van der Waals surface area contributed by atoms with Crippen molar-refractivity contribution in [3.8, 4) is 0 Å². The molecule has 9 heteroatoms. The molecule has 3 N–H and O–H groups in total. The first-order valence-electron chi connectivity index (χ1n) is 8.51. The van der Waals surface area contributed by atoms with E-state index in [9.17, 15) is 18.8 Å². The molecule has 28 heavy (non-hydrogen) atoms. The molecule has 146 valence electrons. The van der Waals surface area contributed by atoms with Gasteiger partial charge in [0.1, 0.15) is 11.4 Å². The minimum Gasteiger partial charge on any atom is -0.322 e. The number of benzene rings is 2. The molecule has 0 unspecified atom stereocenters. The lowest BCUT2D eigenvalue weighted by Crippen LogP contribution is -2.50. The van der Waals surface area contributed by atoms with Crippen LogP contribution in [-0.2, 0) is 11.2 Å². The van der Waals surface area contributed by atoms with Crippen molar-refractivity contribution in [1.29, 1.82) is 0 Å². The third kappa shape index (κ3) is 4.48. The zero-order chi connectivity index (χ0) is 20.3. The van der Waals surface area contributed by atoms with Gasteiger partial charge in [-0.1, -0.05) is 28.1 Å².